The van der Waals surface area contributed by atoms with Gasteiger partial charge < -0.3 is 19.9 Å². The highest BCUT2D eigenvalue weighted by molar-refractivity contribution is 6.14. The Morgan fingerprint density at radius 3 is 2.10 bits per heavy atom. The topological polar surface area (TPSA) is 105 Å². The minimum absolute atomic E-state index is 0.0841. The van der Waals surface area contributed by atoms with Crippen molar-refractivity contribution in [2.24, 2.45) is 5.73 Å². The third kappa shape index (κ3) is 6.34. The number of benzene rings is 2. The van der Waals surface area contributed by atoms with Crippen LogP contribution in [-0.2, 0) is 9.53 Å². The summed E-state index contributed by atoms with van der Waals surface area (Å²) < 4.78 is 16.5. The predicted octanol–water partition coefficient (Wildman–Crippen LogP) is 3.53. The van der Waals surface area contributed by atoms with E-state index in [1.54, 1.807) is 36.4 Å². The standard InChI is InChI=1S/C23H27NO6/c1-3-12-28-19-10-9-16(15-20(19)29-13-4-2)22(26)17-7-5-6-8-18(17)23(27)30-14-11-21(24)25/h5-10,15H,3-4,11-14H2,1-2H3,(H2,24,25). The minimum atomic E-state index is -0.689. The van der Waals surface area contributed by atoms with Crippen LogP contribution in [0.2, 0.25) is 0 Å². The summed E-state index contributed by atoms with van der Waals surface area (Å²) in [7, 11) is 0. The summed E-state index contributed by atoms with van der Waals surface area (Å²) in [5.41, 5.74) is 5.74. The maximum atomic E-state index is 13.1. The first kappa shape index (κ1) is 22.9. The van der Waals surface area contributed by atoms with Crippen molar-refractivity contribution in [1.29, 1.82) is 0 Å². The Kier molecular flexibility index (Phi) is 8.87. The number of rotatable bonds is 12. The first-order valence-corrected chi connectivity index (χ1v) is 9.96. The molecule has 0 fully saturated rings. The van der Waals surface area contributed by atoms with Gasteiger partial charge in [0.1, 0.15) is 6.61 Å². The lowest BCUT2D eigenvalue weighted by atomic mass is 9.98. The zero-order valence-electron chi connectivity index (χ0n) is 17.3. The fourth-order valence-corrected chi connectivity index (χ4v) is 2.64. The van der Waals surface area contributed by atoms with E-state index in [9.17, 15) is 14.4 Å². The Hall–Kier alpha value is -3.35. The number of hydrogen-bond donors (Lipinski definition) is 1. The van der Waals surface area contributed by atoms with E-state index in [2.05, 4.69) is 0 Å². The van der Waals surface area contributed by atoms with Crippen LogP contribution in [0.3, 0.4) is 0 Å². The molecule has 7 nitrogen and oxygen atoms in total. The first-order chi connectivity index (χ1) is 14.5. The molecular weight excluding hydrogens is 386 g/mol. The molecule has 0 unspecified atom stereocenters. The van der Waals surface area contributed by atoms with Crippen molar-refractivity contribution in [3.05, 3.63) is 59.2 Å². The molecule has 2 aromatic carbocycles. The summed E-state index contributed by atoms with van der Waals surface area (Å²) in [4.78, 5) is 36.4. The number of nitrogens with two attached hydrogens (primary N) is 1. The van der Waals surface area contributed by atoms with Crippen LogP contribution in [0.15, 0.2) is 42.5 Å². The molecule has 0 atom stereocenters. The fourth-order valence-electron chi connectivity index (χ4n) is 2.64. The van der Waals surface area contributed by atoms with Crippen molar-refractivity contribution < 1.29 is 28.6 Å². The molecular formula is C23H27NO6. The van der Waals surface area contributed by atoms with Crippen LogP contribution >= 0.6 is 0 Å². The number of ether oxygens (including phenoxy) is 3. The Labute approximate surface area is 176 Å². The Morgan fingerprint density at radius 2 is 1.47 bits per heavy atom. The second-order valence-corrected chi connectivity index (χ2v) is 6.59. The van der Waals surface area contributed by atoms with E-state index in [0.717, 1.165) is 12.8 Å². The van der Waals surface area contributed by atoms with Gasteiger partial charge in [0, 0.05) is 11.1 Å². The normalized spacial score (nSPS) is 10.3. The van der Waals surface area contributed by atoms with Gasteiger partial charge in [0.25, 0.3) is 0 Å². The zero-order chi connectivity index (χ0) is 21.9. The highest BCUT2D eigenvalue weighted by Gasteiger charge is 2.20. The van der Waals surface area contributed by atoms with Gasteiger partial charge in [0.2, 0.25) is 5.91 Å². The second-order valence-electron chi connectivity index (χ2n) is 6.59. The highest BCUT2D eigenvalue weighted by Crippen LogP contribution is 2.30. The van der Waals surface area contributed by atoms with Crippen molar-refractivity contribution in [3.63, 3.8) is 0 Å². The molecule has 2 rings (SSSR count). The number of amides is 1. The molecule has 0 heterocycles. The molecule has 2 N–H and O–H groups in total. The lowest BCUT2D eigenvalue weighted by Gasteiger charge is -2.14. The number of carbonyl (C=O) groups is 3. The molecule has 0 saturated carbocycles. The van der Waals surface area contributed by atoms with Gasteiger partial charge in [-0.25, -0.2) is 4.79 Å². The van der Waals surface area contributed by atoms with Crippen LogP contribution in [-0.4, -0.2) is 37.5 Å². The van der Waals surface area contributed by atoms with Gasteiger partial charge in [-0.1, -0.05) is 32.0 Å². The SMILES string of the molecule is CCCOc1ccc(C(=O)c2ccccc2C(=O)OCCC(N)=O)cc1OCCC. The summed E-state index contributed by atoms with van der Waals surface area (Å²) in [6, 6.07) is 11.3. The van der Waals surface area contributed by atoms with E-state index in [-0.39, 0.29) is 29.9 Å². The third-order valence-corrected chi connectivity index (χ3v) is 4.10. The first-order valence-electron chi connectivity index (χ1n) is 9.96. The smallest absolute Gasteiger partial charge is 0.338 e. The molecule has 1 amide bonds. The van der Waals surface area contributed by atoms with Crippen LogP contribution < -0.4 is 15.2 Å². The van der Waals surface area contributed by atoms with Gasteiger partial charge in [-0.2, -0.15) is 0 Å². The molecule has 7 heteroatoms. The predicted molar refractivity (Wildman–Crippen MR) is 112 cm³/mol. The second kappa shape index (κ2) is 11.6. The van der Waals surface area contributed by atoms with Crippen molar-refractivity contribution >= 4 is 17.7 Å². The average Bonchev–Trinajstić information content (AvgIpc) is 2.75. The van der Waals surface area contributed by atoms with Crippen LogP contribution in [0.4, 0.5) is 0 Å². The number of carbonyl (C=O) groups excluding carboxylic acids is 3. The number of ketones is 1. The minimum Gasteiger partial charge on any atom is -0.490 e. The molecule has 0 aromatic heterocycles. The van der Waals surface area contributed by atoms with E-state index in [1.165, 1.54) is 6.07 Å². The van der Waals surface area contributed by atoms with E-state index in [0.29, 0.717) is 30.3 Å². The van der Waals surface area contributed by atoms with E-state index >= 15 is 0 Å². The monoisotopic (exact) mass is 413 g/mol. The van der Waals surface area contributed by atoms with Gasteiger partial charge in [-0.15, -0.1) is 0 Å². The zero-order valence-corrected chi connectivity index (χ0v) is 17.3. The summed E-state index contributed by atoms with van der Waals surface area (Å²) in [6.45, 7) is 4.87. The molecule has 0 radical (unpaired) electrons. The summed E-state index contributed by atoms with van der Waals surface area (Å²) in [5, 5.41) is 0. The van der Waals surface area contributed by atoms with E-state index < -0.39 is 11.9 Å². The molecule has 30 heavy (non-hydrogen) atoms. The third-order valence-electron chi connectivity index (χ3n) is 4.10. The maximum Gasteiger partial charge on any atom is 0.338 e. The molecule has 2 aromatic rings. The lowest BCUT2D eigenvalue weighted by Crippen LogP contribution is -2.17. The summed E-state index contributed by atoms with van der Waals surface area (Å²) >= 11 is 0. The Balaban J connectivity index is 2.29. The highest BCUT2D eigenvalue weighted by atomic mass is 16.5. The molecule has 0 aliphatic carbocycles. The molecule has 160 valence electrons. The molecule has 0 aliphatic rings. The van der Waals surface area contributed by atoms with E-state index in [4.69, 9.17) is 19.9 Å². The largest absolute Gasteiger partial charge is 0.490 e. The van der Waals surface area contributed by atoms with Crippen molar-refractivity contribution in [1.82, 2.24) is 0 Å². The van der Waals surface area contributed by atoms with Crippen LogP contribution in [0.1, 0.15) is 59.4 Å². The van der Waals surface area contributed by atoms with Gasteiger partial charge in [0.05, 0.1) is 25.2 Å². The van der Waals surface area contributed by atoms with Gasteiger partial charge in [0.15, 0.2) is 17.3 Å². The number of primary amides is 1. The van der Waals surface area contributed by atoms with E-state index in [1.807, 2.05) is 13.8 Å². The van der Waals surface area contributed by atoms with Crippen LogP contribution in [0.5, 0.6) is 11.5 Å². The van der Waals surface area contributed by atoms with Gasteiger partial charge in [-0.3, -0.25) is 9.59 Å². The summed E-state index contributed by atoms with van der Waals surface area (Å²) in [5.74, 6) is -0.554. The Bertz CT molecular complexity index is 893. The maximum absolute atomic E-state index is 13.1. The number of hydrogen-bond acceptors (Lipinski definition) is 6. The lowest BCUT2D eigenvalue weighted by molar-refractivity contribution is -0.118. The van der Waals surface area contributed by atoms with Crippen molar-refractivity contribution in [3.8, 4) is 11.5 Å². The van der Waals surface area contributed by atoms with Crippen molar-refractivity contribution in [2.45, 2.75) is 33.1 Å². The molecule has 0 saturated heterocycles. The average molecular weight is 413 g/mol. The molecule has 0 spiro atoms. The number of esters is 1. The quantitative estimate of drug-likeness (QED) is 0.422. The van der Waals surface area contributed by atoms with Crippen LogP contribution in [0.25, 0.3) is 0 Å². The summed E-state index contributed by atoms with van der Waals surface area (Å²) in [6.07, 6.45) is 1.57. The van der Waals surface area contributed by atoms with Gasteiger partial charge >= 0.3 is 5.97 Å². The Morgan fingerprint density at radius 1 is 0.833 bits per heavy atom. The fraction of sp³-hybridized carbons (Fsp3) is 0.348. The molecule has 0 aliphatic heterocycles. The molecule has 0 bridgehead atoms. The van der Waals surface area contributed by atoms with Crippen LogP contribution in [0, 0.1) is 0 Å². The van der Waals surface area contributed by atoms with Gasteiger partial charge in [-0.05, 0) is 37.1 Å². The van der Waals surface area contributed by atoms with Crippen molar-refractivity contribution in [2.75, 3.05) is 19.8 Å².